The first kappa shape index (κ1) is 21.0. The summed E-state index contributed by atoms with van der Waals surface area (Å²) in [6.45, 7) is 2.18. The van der Waals surface area contributed by atoms with Gasteiger partial charge in [0.2, 0.25) is 0 Å². The van der Waals surface area contributed by atoms with Gasteiger partial charge in [0, 0.05) is 33.0 Å². The summed E-state index contributed by atoms with van der Waals surface area (Å²) in [4.78, 5) is 23.6. The van der Waals surface area contributed by atoms with Gasteiger partial charge in [0.05, 0.1) is 6.10 Å². The Balaban J connectivity index is 0.000000161. The van der Waals surface area contributed by atoms with Gasteiger partial charge in [0.25, 0.3) is 0 Å². The highest BCUT2D eigenvalue weighted by atomic mass is 35.5. The molecule has 0 bridgehead atoms. The molecule has 0 radical (unpaired) electrons. The average Bonchev–Trinajstić information content (AvgIpc) is 2.62. The van der Waals surface area contributed by atoms with E-state index in [2.05, 4.69) is 6.92 Å². The Morgan fingerprint density at radius 2 is 1.25 bits per heavy atom. The van der Waals surface area contributed by atoms with E-state index in [1.807, 2.05) is 12.1 Å². The molecular weight excluding hydrogens is 395 g/mol. The van der Waals surface area contributed by atoms with Crippen LogP contribution in [0.1, 0.15) is 53.3 Å². The molecule has 148 valence electrons. The second-order valence-corrected chi connectivity index (χ2v) is 8.72. The van der Waals surface area contributed by atoms with Crippen molar-refractivity contribution >= 4 is 34.8 Å². The number of rotatable bonds is 4. The minimum absolute atomic E-state index is 0.0107. The number of hydrogen-bond acceptors (Lipinski definition) is 3. The van der Waals surface area contributed by atoms with E-state index in [0.717, 1.165) is 18.4 Å². The normalized spacial score (nSPS) is 25.6. The molecule has 0 unspecified atom stereocenters. The summed E-state index contributed by atoms with van der Waals surface area (Å²) in [5, 5.41) is 10.3. The number of carbonyl (C=O) groups is 2. The van der Waals surface area contributed by atoms with E-state index in [-0.39, 0.29) is 29.5 Å². The topological polar surface area (TPSA) is 54.4 Å². The minimum atomic E-state index is -0.289. The van der Waals surface area contributed by atoms with Gasteiger partial charge in [-0.2, -0.15) is 0 Å². The van der Waals surface area contributed by atoms with Gasteiger partial charge in [-0.05, 0) is 55.9 Å². The number of ketones is 2. The zero-order valence-electron chi connectivity index (χ0n) is 15.8. The van der Waals surface area contributed by atoms with E-state index in [1.165, 1.54) is 0 Å². The summed E-state index contributed by atoms with van der Waals surface area (Å²) in [6, 6.07) is 14.2. The predicted molar refractivity (Wildman–Crippen MR) is 112 cm³/mol. The molecule has 2 aromatic rings. The average molecular weight is 419 g/mol. The highest BCUT2D eigenvalue weighted by Crippen LogP contribution is 2.35. The number of hydrogen-bond donors (Lipinski definition) is 1. The highest BCUT2D eigenvalue weighted by Gasteiger charge is 2.33. The molecule has 0 amide bonds. The van der Waals surface area contributed by atoms with Crippen LogP contribution >= 0.6 is 23.2 Å². The first-order valence-electron chi connectivity index (χ1n) is 9.61. The summed E-state index contributed by atoms with van der Waals surface area (Å²) in [5.74, 6) is 1.29. The molecule has 3 nitrogen and oxygen atoms in total. The van der Waals surface area contributed by atoms with Gasteiger partial charge in [-0.1, -0.05) is 54.4 Å². The second kappa shape index (κ2) is 9.21. The van der Waals surface area contributed by atoms with Crippen molar-refractivity contribution in [3.63, 3.8) is 0 Å². The van der Waals surface area contributed by atoms with Crippen LogP contribution in [-0.2, 0) is 0 Å². The Bertz CT molecular complexity index is 781. The molecular formula is C23H24Cl2O3. The molecule has 0 spiro atoms. The number of carbonyl (C=O) groups excluding carboxylic acids is 2. The summed E-state index contributed by atoms with van der Waals surface area (Å²) in [6.07, 6.45) is 2.95. The number of aliphatic hydroxyl groups excluding tert-OH is 1. The highest BCUT2D eigenvalue weighted by molar-refractivity contribution is 6.31. The van der Waals surface area contributed by atoms with E-state index in [0.29, 0.717) is 34.4 Å². The van der Waals surface area contributed by atoms with Crippen molar-refractivity contribution in [1.82, 2.24) is 0 Å². The number of benzene rings is 2. The molecule has 2 aromatic carbocycles. The molecule has 1 N–H and O–H groups in total. The minimum Gasteiger partial charge on any atom is -0.393 e. The lowest BCUT2D eigenvalue weighted by Crippen LogP contribution is -2.34. The number of Topliss-reactive ketones (excluding diaryl/α,β-unsaturated/α-hetero) is 2. The molecule has 0 heterocycles. The van der Waals surface area contributed by atoms with Gasteiger partial charge >= 0.3 is 0 Å². The van der Waals surface area contributed by atoms with E-state index in [9.17, 15) is 9.59 Å². The van der Waals surface area contributed by atoms with Crippen LogP contribution < -0.4 is 0 Å². The summed E-state index contributed by atoms with van der Waals surface area (Å²) < 4.78 is 0. The van der Waals surface area contributed by atoms with Gasteiger partial charge in [-0.25, -0.2) is 0 Å². The molecule has 2 aliphatic rings. The molecule has 2 fully saturated rings. The Labute approximate surface area is 175 Å². The van der Waals surface area contributed by atoms with Crippen LogP contribution in [0.4, 0.5) is 0 Å². The van der Waals surface area contributed by atoms with Gasteiger partial charge < -0.3 is 5.11 Å². The maximum absolute atomic E-state index is 11.9. The molecule has 5 heteroatoms. The zero-order chi connectivity index (χ0) is 20.3. The van der Waals surface area contributed by atoms with Crippen molar-refractivity contribution in [3.05, 3.63) is 69.7 Å². The fourth-order valence-electron chi connectivity index (χ4n) is 3.67. The standard InChI is InChI=1S/C12H13ClO.C11H11ClO2/c1-8-5-10(6-8)12(14)9-3-2-4-11(13)7-9;12-9-3-1-2-7(4-9)11(14)8-5-10(13)6-8/h2-4,7-8,10H,5-6H2,1H3;1-4,8,10,13H,5-6H2. The third-order valence-electron chi connectivity index (χ3n) is 5.45. The molecule has 0 aromatic heterocycles. The third kappa shape index (κ3) is 5.22. The summed E-state index contributed by atoms with van der Waals surface area (Å²) in [5.41, 5.74) is 1.41. The van der Waals surface area contributed by atoms with E-state index in [4.69, 9.17) is 28.3 Å². The molecule has 0 aliphatic heterocycles. The summed E-state index contributed by atoms with van der Waals surface area (Å²) in [7, 11) is 0. The van der Waals surface area contributed by atoms with Crippen molar-refractivity contribution in [2.75, 3.05) is 0 Å². The SMILES string of the molecule is CC1CC(C(=O)c2cccc(Cl)c2)C1.O=C(c1cccc(Cl)c1)C1CC(O)C1. The van der Waals surface area contributed by atoms with Gasteiger partial charge in [0.1, 0.15) is 0 Å². The van der Waals surface area contributed by atoms with E-state index >= 15 is 0 Å². The Morgan fingerprint density at radius 3 is 1.61 bits per heavy atom. The summed E-state index contributed by atoms with van der Waals surface area (Å²) >= 11 is 11.6. The van der Waals surface area contributed by atoms with Gasteiger partial charge in [-0.3, -0.25) is 9.59 Å². The lowest BCUT2D eigenvalue weighted by atomic mass is 9.72. The fourth-order valence-corrected chi connectivity index (χ4v) is 4.05. The quantitative estimate of drug-likeness (QED) is 0.632. The van der Waals surface area contributed by atoms with Gasteiger partial charge in [-0.15, -0.1) is 0 Å². The van der Waals surface area contributed by atoms with E-state index < -0.39 is 0 Å². The monoisotopic (exact) mass is 418 g/mol. The zero-order valence-corrected chi connectivity index (χ0v) is 17.3. The van der Waals surface area contributed by atoms with Gasteiger partial charge in [0.15, 0.2) is 11.6 Å². The molecule has 0 saturated heterocycles. The molecule has 4 rings (SSSR count). The van der Waals surface area contributed by atoms with Crippen molar-refractivity contribution in [3.8, 4) is 0 Å². The van der Waals surface area contributed by atoms with Crippen LogP contribution in [0.2, 0.25) is 10.0 Å². The van der Waals surface area contributed by atoms with Crippen LogP contribution in [0.3, 0.4) is 0 Å². The van der Waals surface area contributed by atoms with E-state index in [1.54, 1.807) is 36.4 Å². The van der Waals surface area contributed by atoms with Crippen LogP contribution in [0, 0.1) is 17.8 Å². The molecule has 28 heavy (non-hydrogen) atoms. The second-order valence-electron chi connectivity index (χ2n) is 7.84. The fraction of sp³-hybridized carbons (Fsp3) is 0.391. The Hall–Kier alpha value is -1.68. The molecule has 2 saturated carbocycles. The maximum atomic E-state index is 11.9. The molecule has 2 aliphatic carbocycles. The van der Waals surface area contributed by atoms with Crippen molar-refractivity contribution in [1.29, 1.82) is 0 Å². The van der Waals surface area contributed by atoms with Crippen molar-refractivity contribution < 1.29 is 14.7 Å². The maximum Gasteiger partial charge on any atom is 0.166 e. The van der Waals surface area contributed by atoms with Crippen LogP contribution in [0.25, 0.3) is 0 Å². The lowest BCUT2D eigenvalue weighted by Gasteiger charge is -2.31. The van der Waals surface area contributed by atoms with Crippen molar-refractivity contribution in [2.24, 2.45) is 17.8 Å². The third-order valence-corrected chi connectivity index (χ3v) is 5.92. The molecule has 0 atom stereocenters. The van der Waals surface area contributed by atoms with Crippen LogP contribution in [0.5, 0.6) is 0 Å². The first-order chi connectivity index (χ1) is 13.3. The predicted octanol–water partition coefficient (Wildman–Crippen LogP) is 5.86. The van der Waals surface area contributed by atoms with Crippen LogP contribution in [-0.4, -0.2) is 22.8 Å². The number of halogens is 2. The first-order valence-corrected chi connectivity index (χ1v) is 10.4. The largest absolute Gasteiger partial charge is 0.393 e. The van der Waals surface area contributed by atoms with Crippen molar-refractivity contribution in [2.45, 2.75) is 38.7 Å². The Morgan fingerprint density at radius 1 is 0.821 bits per heavy atom. The van der Waals surface area contributed by atoms with Crippen LogP contribution in [0.15, 0.2) is 48.5 Å². The number of aliphatic hydroxyl groups is 1. The smallest absolute Gasteiger partial charge is 0.166 e. The Kier molecular flexibility index (Phi) is 6.92. The lowest BCUT2D eigenvalue weighted by molar-refractivity contribution is 0.0368.